The van der Waals surface area contributed by atoms with Crippen molar-refractivity contribution in [3.63, 3.8) is 0 Å². The van der Waals surface area contributed by atoms with Crippen LogP contribution in [0.15, 0.2) is 77.7 Å². The summed E-state index contributed by atoms with van der Waals surface area (Å²) in [6.45, 7) is 6.96. The Balaban J connectivity index is 2.08. The predicted octanol–water partition coefficient (Wildman–Crippen LogP) is 6.22. The quantitative estimate of drug-likeness (QED) is 0.266. The van der Waals surface area contributed by atoms with Crippen molar-refractivity contribution in [3.8, 4) is 0 Å². The number of aryl methyl sites for hydroxylation is 1. The normalized spacial score (nSPS) is 12.8. The molecule has 0 heterocycles. The van der Waals surface area contributed by atoms with Gasteiger partial charge in [0, 0.05) is 22.6 Å². The van der Waals surface area contributed by atoms with Gasteiger partial charge in [0.2, 0.25) is 11.8 Å². The van der Waals surface area contributed by atoms with E-state index in [1.165, 1.54) is 29.2 Å². The summed E-state index contributed by atoms with van der Waals surface area (Å²) in [4.78, 5) is 28.9. The largest absolute Gasteiger partial charge is 0.352 e. The zero-order valence-electron chi connectivity index (χ0n) is 23.1. The molecule has 3 aromatic carbocycles. The van der Waals surface area contributed by atoms with Gasteiger partial charge in [-0.2, -0.15) is 0 Å². The molecular weight excluding hydrogens is 569 g/mol. The van der Waals surface area contributed by atoms with Crippen LogP contribution in [0.2, 0.25) is 10.0 Å². The van der Waals surface area contributed by atoms with Crippen molar-refractivity contribution >= 4 is 50.7 Å². The summed E-state index contributed by atoms with van der Waals surface area (Å²) in [7, 11) is -4.18. The minimum Gasteiger partial charge on any atom is -0.352 e. The van der Waals surface area contributed by atoms with Crippen molar-refractivity contribution in [2.45, 2.75) is 64.1 Å². The topological polar surface area (TPSA) is 86.8 Å². The number of sulfonamides is 1. The Morgan fingerprint density at radius 2 is 1.52 bits per heavy atom. The lowest BCUT2D eigenvalue weighted by atomic mass is 10.1. The van der Waals surface area contributed by atoms with E-state index in [0.717, 1.165) is 10.7 Å². The molecule has 214 valence electrons. The van der Waals surface area contributed by atoms with Crippen LogP contribution in [0, 0.1) is 6.92 Å². The van der Waals surface area contributed by atoms with Gasteiger partial charge in [-0.1, -0.05) is 73.4 Å². The molecule has 7 nitrogen and oxygen atoms in total. The van der Waals surface area contributed by atoms with Gasteiger partial charge in [-0.25, -0.2) is 8.42 Å². The first-order chi connectivity index (χ1) is 19.0. The van der Waals surface area contributed by atoms with Gasteiger partial charge in [0.1, 0.15) is 12.6 Å². The minimum atomic E-state index is -4.18. The van der Waals surface area contributed by atoms with Gasteiger partial charge in [0.05, 0.1) is 10.6 Å². The Hall–Kier alpha value is -3.07. The van der Waals surface area contributed by atoms with Gasteiger partial charge in [0.15, 0.2) is 0 Å². The summed E-state index contributed by atoms with van der Waals surface area (Å²) in [6, 6.07) is 18.9. The average molecular weight is 605 g/mol. The van der Waals surface area contributed by atoms with E-state index in [4.69, 9.17) is 23.2 Å². The molecule has 0 bridgehead atoms. The predicted molar refractivity (Wildman–Crippen MR) is 161 cm³/mol. The van der Waals surface area contributed by atoms with Crippen LogP contribution >= 0.6 is 23.2 Å². The van der Waals surface area contributed by atoms with E-state index in [1.54, 1.807) is 55.5 Å². The average Bonchev–Trinajstić information content (AvgIpc) is 2.93. The number of rotatable bonds is 12. The number of nitrogens with zero attached hydrogens (tertiary/aromatic N) is 2. The molecule has 0 aromatic heterocycles. The van der Waals surface area contributed by atoms with E-state index in [2.05, 4.69) is 5.32 Å². The Kier molecular flexibility index (Phi) is 11.0. The van der Waals surface area contributed by atoms with Crippen molar-refractivity contribution in [2.75, 3.05) is 10.8 Å². The number of anilines is 1. The summed E-state index contributed by atoms with van der Waals surface area (Å²) in [6.07, 6.45) is 1.05. The lowest BCUT2D eigenvalue weighted by Gasteiger charge is -2.34. The summed E-state index contributed by atoms with van der Waals surface area (Å²) < 4.78 is 29.0. The second kappa shape index (κ2) is 14.0. The SMILES string of the molecule is CC[C@@H](C)NC(=O)[C@H](CC)N(Cc1ccccc1Cl)C(=O)CN(c1ccccc1C)S(=O)(=O)c1ccc(Cl)cc1. The van der Waals surface area contributed by atoms with E-state index >= 15 is 0 Å². The van der Waals surface area contributed by atoms with Crippen molar-refractivity contribution < 1.29 is 18.0 Å². The standard InChI is InChI=1S/C30H35Cl2N3O4S/c1-5-22(4)33-30(37)27(6-2)34(19-23-12-8-9-13-26(23)32)29(36)20-35(28-14-10-7-11-21(28)3)40(38,39)25-17-15-24(31)16-18-25/h7-18,22,27H,5-6,19-20H2,1-4H3,(H,33,37)/t22-,27+/m1/s1. The van der Waals surface area contributed by atoms with Gasteiger partial charge < -0.3 is 10.2 Å². The number of carbonyl (C=O) groups is 2. The molecule has 0 spiro atoms. The van der Waals surface area contributed by atoms with Gasteiger partial charge in [-0.15, -0.1) is 0 Å². The molecule has 0 saturated carbocycles. The third-order valence-corrected chi connectivity index (χ3v) is 9.14. The molecule has 2 atom stereocenters. The number of halogens is 2. The van der Waals surface area contributed by atoms with Gasteiger partial charge in [-0.05, 0) is 74.2 Å². The first-order valence-corrected chi connectivity index (χ1v) is 15.4. The highest BCUT2D eigenvalue weighted by molar-refractivity contribution is 7.92. The van der Waals surface area contributed by atoms with Crippen LogP contribution in [-0.2, 0) is 26.2 Å². The first-order valence-electron chi connectivity index (χ1n) is 13.2. The van der Waals surface area contributed by atoms with Crippen LogP contribution in [0.5, 0.6) is 0 Å². The fraction of sp³-hybridized carbons (Fsp3) is 0.333. The molecule has 0 radical (unpaired) electrons. The van der Waals surface area contributed by atoms with E-state index in [0.29, 0.717) is 33.3 Å². The molecule has 10 heteroatoms. The number of nitrogens with one attached hydrogen (secondary N) is 1. The zero-order valence-corrected chi connectivity index (χ0v) is 25.4. The number of carbonyl (C=O) groups excluding carboxylic acids is 2. The second-order valence-electron chi connectivity index (χ2n) is 9.61. The molecule has 40 heavy (non-hydrogen) atoms. The van der Waals surface area contributed by atoms with Crippen molar-refractivity contribution in [1.82, 2.24) is 10.2 Å². The summed E-state index contributed by atoms with van der Waals surface area (Å²) in [5.41, 5.74) is 1.68. The van der Waals surface area contributed by atoms with Gasteiger partial charge in [0.25, 0.3) is 10.0 Å². The van der Waals surface area contributed by atoms with Crippen LogP contribution in [0.4, 0.5) is 5.69 Å². The van der Waals surface area contributed by atoms with E-state index in [-0.39, 0.29) is 23.4 Å². The molecule has 1 N–H and O–H groups in total. The molecular formula is C30H35Cl2N3O4S. The molecule has 3 aromatic rings. The zero-order chi connectivity index (χ0) is 29.4. The fourth-order valence-corrected chi connectivity index (χ4v) is 6.06. The fourth-order valence-electron chi connectivity index (χ4n) is 4.26. The maximum Gasteiger partial charge on any atom is 0.264 e. The lowest BCUT2D eigenvalue weighted by molar-refractivity contribution is -0.140. The van der Waals surface area contributed by atoms with Crippen LogP contribution in [0.1, 0.15) is 44.7 Å². The minimum absolute atomic E-state index is 0.00726. The molecule has 3 rings (SSSR count). The highest BCUT2D eigenvalue weighted by Gasteiger charge is 2.34. The highest BCUT2D eigenvalue weighted by Crippen LogP contribution is 2.28. The van der Waals surface area contributed by atoms with Crippen molar-refractivity contribution in [2.24, 2.45) is 0 Å². The molecule has 0 aliphatic carbocycles. The number of amides is 2. The summed E-state index contributed by atoms with van der Waals surface area (Å²) in [5, 5.41) is 3.80. The van der Waals surface area contributed by atoms with Crippen LogP contribution < -0.4 is 9.62 Å². The number of benzene rings is 3. The summed E-state index contributed by atoms with van der Waals surface area (Å²) in [5.74, 6) is -0.841. The Bertz CT molecular complexity index is 1430. The van der Waals surface area contributed by atoms with E-state index < -0.39 is 28.5 Å². The number of hydrogen-bond donors (Lipinski definition) is 1. The monoisotopic (exact) mass is 603 g/mol. The molecule has 0 aliphatic rings. The van der Waals surface area contributed by atoms with Gasteiger partial charge in [-0.3, -0.25) is 13.9 Å². The summed E-state index contributed by atoms with van der Waals surface area (Å²) >= 11 is 12.4. The molecule has 2 amide bonds. The molecule has 0 saturated heterocycles. The number of hydrogen-bond acceptors (Lipinski definition) is 4. The Morgan fingerprint density at radius 1 is 0.900 bits per heavy atom. The third kappa shape index (κ3) is 7.56. The molecule has 0 unspecified atom stereocenters. The van der Waals surface area contributed by atoms with Gasteiger partial charge >= 0.3 is 0 Å². The highest BCUT2D eigenvalue weighted by atomic mass is 35.5. The van der Waals surface area contributed by atoms with E-state index in [1.807, 2.05) is 20.8 Å². The maximum absolute atomic E-state index is 14.1. The third-order valence-electron chi connectivity index (χ3n) is 6.75. The van der Waals surface area contributed by atoms with Crippen molar-refractivity contribution in [1.29, 1.82) is 0 Å². The smallest absolute Gasteiger partial charge is 0.264 e. The van der Waals surface area contributed by atoms with Crippen LogP contribution in [0.3, 0.4) is 0 Å². The Morgan fingerprint density at radius 3 is 2.12 bits per heavy atom. The first kappa shape index (κ1) is 31.5. The number of para-hydroxylation sites is 1. The van der Waals surface area contributed by atoms with Crippen LogP contribution in [0.25, 0.3) is 0 Å². The molecule has 0 fully saturated rings. The lowest BCUT2D eigenvalue weighted by Crippen LogP contribution is -2.53. The second-order valence-corrected chi connectivity index (χ2v) is 12.3. The maximum atomic E-state index is 14.1. The Labute approximate surface area is 247 Å². The molecule has 0 aliphatic heterocycles. The van der Waals surface area contributed by atoms with Crippen LogP contribution in [-0.4, -0.2) is 43.8 Å². The van der Waals surface area contributed by atoms with Crippen molar-refractivity contribution in [3.05, 3.63) is 94.0 Å². The van der Waals surface area contributed by atoms with E-state index in [9.17, 15) is 18.0 Å².